The van der Waals surface area contributed by atoms with E-state index in [0.717, 1.165) is 35.5 Å². The Morgan fingerprint density at radius 3 is 2.09 bits per heavy atom. The Bertz CT molecular complexity index is 1010. The van der Waals surface area contributed by atoms with E-state index in [9.17, 15) is 14.7 Å². The molecule has 0 bridgehead atoms. The molecule has 5 nitrogen and oxygen atoms in total. The molecular weight excluding hydrogens is 400 g/mol. The van der Waals surface area contributed by atoms with Gasteiger partial charge in [-0.3, -0.25) is 14.5 Å². The van der Waals surface area contributed by atoms with E-state index < -0.39 is 17.7 Å². The molecule has 2 aromatic rings. The first-order chi connectivity index (χ1) is 15.2. The second-order valence-corrected chi connectivity index (χ2v) is 8.97. The molecule has 5 heteroatoms. The highest BCUT2D eigenvalue weighted by atomic mass is 16.3. The lowest BCUT2D eigenvalue weighted by atomic mass is 9.91. The predicted octanol–water partition coefficient (Wildman–Crippen LogP) is 5.66. The number of hydrogen-bond donors (Lipinski definition) is 1. The summed E-state index contributed by atoms with van der Waals surface area (Å²) >= 11 is 0. The third-order valence-electron chi connectivity index (χ3n) is 5.92. The van der Waals surface area contributed by atoms with Crippen LogP contribution < -0.4 is 9.80 Å². The van der Waals surface area contributed by atoms with Crippen molar-refractivity contribution in [1.29, 1.82) is 0 Å². The van der Waals surface area contributed by atoms with Gasteiger partial charge in [-0.1, -0.05) is 32.0 Å². The van der Waals surface area contributed by atoms with Crippen LogP contribution in [0, 0.1) is 19.8 Å². The number of aliphatic hydroxyl groups excluding tert-OH is 1. The maximum Gasteiger partial charge on any atom is 0.294 e. The summed E-state index contributed by atoms with van der Waals surface area (Å²) in [5, 5.41) is 10.8. The van der Waals surface area contributed by atoms with Crippen molar-refractivity contribution in [2.75, 3.05) is 22.9 Å². The number of benzene rings is 2. The van der Waals surface area contributed by atoms with Crippen LogP contribution in [0.25, 0.3) is 0 Å². The van der Waals surface area contributed by atoms with E-state index in [1.165, 1.54) is 0 Å². The number of hydrogen-bond acceptors (Lipinski definition) is 4. The first kappa shape index (κ1) is 23.6. The Morgan fingerprint density at radius 2 is 1.59 bits per heavy atom. The van der Waals surface area contributed by atoms with Crippen LogP contribution in [0.5, 0.6) is 0 Å². The summed E-state index contributed by atoms with van der Waals surface area (Å²) in [6, 6.07) is 13.2. The van der Waals surface area contributed by atoms with Crippen LogP contribution in [0.1, 0.15) is 56.8 Å². The molecule has 2 aromatic carbocycles. The molecule has 1 aliphatic heterocycles. The van der Waals surface area contributed by atoms with Crippen LogP contribution in [-0.2, 0) is 9.59 Å². The number of rotatable bonds is 8. The number of amides is 1. The van der Waals surface area contributed by atoms with Crippen molar-refractivity contribution in [2.24, 2.45) is 5.92 Å². The van der Waals surface area contributed by atoms with Gasteiger partial charge in [0.05, 0.1) is 11.6 Å². The molecule has 0 saturated heterocycles. The van der Waals surface area contributed by atoms with Crippen LogP contribution >= 0.6 is 0 Å². The summed E-state index contributed by atoms with van der Waals surface area (Å²) in [5.74, 6) is -1.03. The van der Waals surface area contributed by atoms with Gasteiger partial charge >= 0.3 is 0 Å². The van der Waals surface area contributed by atoms with Gasteiger partial charge in [-0.05, 0) is 74.6 Å². The molecule has 0 saturated carbocycles. The van der Waals surface area contributed by atoms with Gasteiger partial charge in [0.1, 0.15) is 0 Å². The molecule has 1 atom stereocenters. The molecule has 0 aliphatic carbocycles. The number of ketones is 1. The lowest BCUT2D eigenvalue weighted by Gasteiger charge is -2.28. The van der Waals surface area contributed by atoms with Crippen molar-refractivity contribution in [3.63, 3.8) is 0 Å². The van der Waals surface area contributed by atoms with Gasteiger partial charge in [0, 0.05) is 30.9 Å². The predicted molar refractivity (Wildman–Crippen MR) is 130 cm³/mol. The largest absolute Gasteiger partial charge is 0.503 e. The summed E-state index contributed by atoms with van der Waals surface area (Å²) in [6.45, 7) is 13.9. The van der Waals surface area contributed by atoms with Crippen molar-refractivity contribution < 1.29 is 14.7 Å². The zero-order valence-corrected chi connectivity index (χ0v) is 20.0. The van der Waals surface area contributed by atoms with Gasteiger partial charge in [-0.2, -0.15) is 0 Å². The van der Waals surface area contributed by atoms with Gasteiger partial charge in [0.25, 0.3) is 5.91 Å². The highest BCUT2D eigenvalue weighted by Crippen LogP contribution is 2.42. The standard InChI is InChI=1S/C27H34N2O3/c1-7-28(8-2)21-11-9-20(10-12-21)25-24(23(30)13-17(3)4)26(31)27(32)29(25)22-15-18(5)14-19(6)16-22/h9-12,14-17,25,31H,7-8,13H2,1-6H3. The van der Waals surface area contributed by atoms with Crippen LogP contribution in [0.15, 0.2) is 53.8 Å². The quantitative estimate of drug-likeness (QED) is 0.582. The number of carbonyl (C=O) groups excluding carboxylic acids is 2. The van der Waals surface area contributed by atoms with Crippen LogP contribution in [0.2, 0.25) is 0 Å². The highest BCUT2D eigenvalue weighted by Gasteiger charge is 2.44. The summed E-state index contributed by atoms with van der Waals surface area (Å²) in [7, 11) is 0. The lowest BCUT2D eigenvalue weighted by molar-refractivity contribution is -0.118. The Hall–Kier alpha value is -3.08. The molecule has 32 heavy (non-hydrogen) atoms. The van der Waals surface area contributed by atoms with E-state index in [1.54, 1.807) is 4.90 Å². The molecule has 1 N–H and O–H groups in total. The van der Waals surface area contributed by atoms with E-state index >= 15 is 0 Å². The minimum absolute atomic E-state index is 0.124. The number of Topliss-reactive ketones (excluding diaryl/α,β-unsaturated/α-hetero) is 1. The number of aryl methyl sites for hydroxylation is 2. The molecule has 1 unspecified atom stereocenters. The molecule has 1 amide bonds. The molecular formula is C27H34N2O3. The van der Waals surface area contributed by atoms with Crippen molar-refractivity contribution >= 4 is 23.1 Å². The van der Waals surface area contributed by atoms with E-state index in [-0.39, 0.29) is 23.7 Å². The first-order valence-electron chi connectivity index (χ1n) is 11.4. The molecule has 0 aromatic heterocycles. The maximum atomic E-state index is 13.2. The van der Waals surface area contributed by atoms with E-state index in [2.05, 4.69) is 18.7 Å². The Balaban J connectivity index is 2.13. The molecule has 1 heterocycles. The zero-order valence-electron chi connectivity index (χ0n) is 20.0. The number of anilines is 2. The Labute approximate surface area is 191 Å². The fourth-order valence-corrected chi connectivity index (χ4v) is 4.50. The van der Waals surface area contributed by atoms with Gasteiger partial charge in [-0.25, -0.2) is 0 Å². The number of nitrogens with zero attached hydrogens (tertiary/aromatic N) is 2. The molecule has 1 aliphatic rings. The SMILES string of the molecule is CCN(CC)c1ccc(C2C(C(=O)CC(C)C)=C(O)C(=O)N2c2cc(C)cc(C)c2)cc1. The second-order valence-electron chi connectivity index (χ2n) is 8.97. The fraction of sp³-hybridized carbons (Fsp3) is 0.407. The average molecular weight is 435 g/mol. The zero-order chi connectivity index (χ0) is 23.6. The van der Waals surface area contributed by atoms with Crippen molar-refractivity contribution in [3.05, 3.63) is 70.5 Å². The van der Waals surface area contributed by atoms with Crippen LogP contribution in [-0.4, -0.2) is 29.9 Å². The molecule has 0 fully saturated rings. The van der Waals surface area contributed by atoms with Crippen LogP contribution in [0.4, 0.5) is 11.4 Å². The van der Waals surface area contributed by atoms with Crippen molar-refractivity contribution in [2.45, 2.75) is 54.0 Å². The molecule has 0 radical (unpaired) electrons. The third-order valence-corrected chi connectivity index (χ3v) is 5.92. The maximum absolute atomic E-state index is 13.2. The monoisotopic (exact) mass is 434 g/mol. The summed E-state index contributed by atoms with van der Waals surface area (Å²) < 4.78 is 0. The second kappa shape index (κ2) is 9.60. The number of aliphatic hydroxyl groups is 1. The smallest absolute Gasteiger partial charge is 0.294 e. The topological polar surface area (TPSA) is 60.9 Å². The third kappa shape index (κ3) is 4.57. The summed E-state index contributed by atoms with van der Waals surface area (Å²) in [4.78, 5) is 30.2. The lowest BCUT2D eigenvalue weighted by Crippen LogP contribution is -2.31. The van der Waals surface area contributed by atoms with Gasteiger partial charge in [0.15, 0.2) is 11.5 Å². The number of carbonyl (C=O) groups is 2. The van der Waals surface area contributed by atoms with Crippen LogP contribution in [0.3, 0.4) is 0 Å². The normalized spacial score (nSPS) is 16.3. The Morgan fingerprint density at radius 1 is 1.03 bits per heavy atom. The molecule has 0 spiro atoms. The van der Waals surface area contributed by atoms with E-state index in [1.807, 2.05) is 70.2 Å². The minimum Gasteiger partial charge on any atom is -0.503 e. The Kier molecular flexibility index (Phi) is 7.07. The van der Waals surface area contributed by atoms with E-state index in [0.29, 0.717) is 5.69 Å². The average Bonchev–Trinajstić information content (AvgIpc) is 2.99. The summed E-state index contributed by atoms with van der Waals surface area (Å²) in [5.41, 5.74) is 4.81. The van der Waals surface area contributed by atoms with Gasteiger partial charge in [0.2, 0.25) is 0 Å². The molecule has 170 valence electrons. The highest BCUT2D eigenvalue weighted by molar-refractivity contribution is 6.16. The molecule has 3 rings (SSSR count). The van der Waals surface area contributed by atoms with Gasteiger partial charge < -0.3 is 10.0 Å². The van der Waals surface area contributed by atoms with Crippen molar-refractivity contribution in [1.82, 2.24) is 0 Å². The fourth-order valence-electron chi connectivity index (χ4n) is 4.50. The first-order valence-corrected chi connectivity index (χ1v) is 11.4. The minimum atomic E-state index is -0.652. The van der Waals surface area contributed by atoms with Gasteiger partial charge in [-0.15, -0.1) is 0 Å². The summed E-state index contributed by atoms with van der Waals surface area (Å²) in [6.07, 6.45) is 0.279. The van der Waals surface area contributed by atoms with Crippen molar-refractivity contribution in [3.8, 4) is 0 Å². The van der Waals surface area contributed by atoms with E-state index in [4.69, 9.17) is 0 Å².